The number of carbonyl (C=O) groups is 2. The van der Waals surface area contributed by atoms with Gasteiger partial charge in [0.1, 0.15) is 0 Å². The number of rotatable bonds is 3. The van der Waals surface area contributed by atoms with Crippen molar-refractivity contribution in [1.29, 1.82) is 0 Å². The van der Waals surface area contributed by atoms with Crippen LogP contribution in [0.3, 0.4) is 0 Å². The minimum Gasteiger partial charge on any atom is -0.366 e. The van der Waals surface area contributed by atoms with Crippen LogP contribution in [0.25, 0.3) is 0 Å². The first-order valence-corrected chi connectivity index (χ1v) is 7.02. The van der Waals surface area contributed by atoms with Gasteiger partial charge in [-0.2, -0.15) is 0 Å². The number of nitrogens with two attached hydrogens (primary N) is 2. The molecule has 0 aromatic heterocycles. The largest absolute Gasteiger partial charge is 0.366 e. The monoisotopic (exact) mass is 295 g/mol. The number of anilines is 1. The standard InChI is InChI=1S/C14H18ClN3O2/c15-10-6-5-8(13(17)19)7-12(10)18-14(20)9-3-1-2-4-11(9)16/h5-7,9,11H,1-4,16H2,(H2,17,19)(H,18,20). The van der Waals surface area contributed by atoms with Crippen molar-refractivity contribution in [2.24, 2.45) is 17.4 Å². The molecule has 20 heavy (non-hydrogen) atoms. The molecule has 1 aromatic carbocycles. The predicted octanol–water partition coefficient (Wildman–Crippen LogP) is 1.89. The molecule has 5 N–H and O–H groups in total. The molecule has 2 amide bonds. The SMILES string of the molecule is NC(=O)c1ccc(Cl)c(NC(=O)C2CCCCC2N)c1. The van der Waals surface area contributed by atoms with Crippen molar-refractivity contribution < 1.29 is 9.59 Å². The molecule has 1 aromatic rings. The second kappa shape index (κ2) is 6.24. The van der Waals surface area contributed by atoms with Crippen molar-refractivity contribution in [3.8, 4) is 0 Å². The van der Waals surface area contributed by atoms with Gasteiger partial charge in [0, 0.05) is 11.6 Å². The summed E-state index contributed by atoms with van der Waals surface area (Å²) in [7, 11) is 0. The molecule has 2 unspecified atom stereocenters. The first-order chi connectivity index (χ1) is 9.49. The van der Waals surface area contributed by atoms with Crippen molar-refractivity contribution in [1.82, 2.24) is 0 Å². The highest BCUT2D eigenvalue weighted by Gasteiger charge is 2.28. The maximum absolute atomic E-state index is 12.2. The van der Waals surface area contributed by atoms with Gasteiger partial charge in [-0.25, -0.2) is 0 Å². The lowest BCUT2D eigenvalue weighted by Gasteiger charge is -2.27. The third-order valence-corrected chi connectivity index (χ3v) is 3.99. The number of carbonyl (C=O) groups excluding carboxylic acids is 2. The average molecular weight is 296 g/mol. The van der Waals surface area contributed by atoms with E-state index in [0.717, 1.165) is 25.7 Å². The number of primary amides is 1. The van der Waals surface area contributed by atoms with Gasteiger partial charge in [0.05, 0.1) is 16.6 Å². The van der Waals surface area contributed by atoms with E-state index in [1.807, 2.05) is 0 Å². The highest BCUT2D eigenvalue weighted by molar-refractivity contribution is 6.33. The zero-order chi connectivity index (χ0) is 14.7. The van der Waals surface area contributed by atoms with Gasteiger partial charge in [-0.3, -0.25) is 9.59 Å². The lowest BCUT2D eigenvalue weighted by atomic mass is 9.84. The number of amides is 2. The third kappa shape index (κ3) is 3.29. The smallest absolute Gasteiger partial charge is 0.248 e. The first-order valence-electron chi connectivity index (χ1n) is 6.65. The summed E-state index contributed by atoms with van der Waals surface area (Å²) in [6, 6.07) is 4.42. The molecule has 0 saturated heterocycles. The van der Waals surface area contributed by atoms with Gasteiger partial charge >= 0.3 is 0 Å². The van der Waals surface area contributed by atoms with Crippen molar-refractivity contribution in [2.75, 3.05) is 5.32 Å². The molecule has 5 nitrogen and oxygen atoms in total. The molecule has 0 radical (unpaired) electrons. The summed E-state index contributed by atoms with van der Waals surface area (Å²) in [5.74, 6) is -0.927. The third-order valence-electron chi connectivity index (χ3n) is 3.66. The minimum atomic E-state index is -0.563. The number of hydrogen-bond donors (Lipinski definition) is 3. The molecule has 0 heterocycles. The van der Waals surface area contributed by atoms with Crippen LogP contribution in [0.1, 0.15) is 36.0 Å². The summed E-state index contributed by atoms with van der Waals surface area (Å²) in [4.78, 5) is 23.4. The van der Waals surface area contributed by atoms with Crippen LogP contribution in [0.4, 0.5) is 5.69 Å². The van der Waals surface area contributed by atoms with E-state index in [4.69, 9.17) is 23.1 Å². The van der Waals surface area contributed by atoms with Crippen molar-refractivity contribution in [3.63, 3.8) is 0 Å². The van der Waals surface area contributed by atoms with Gasteiger partial charge in [0.2, 0.25) is 11.8 Å². The van der Waals surface area contributed by atoms with E-state index >= 15 is 0 Å². The van der Waals surface area contributed by atoms with Gasteiger partial charge in [-0.05, 0) is 31.0 Å². The van der Waals surface area contributed by atoms with Crippen LogP contribution in [-0.4, -0.2) is 17.9 Å². The van der Waals surface area contributed by atoms with E-state index in [-0.39, 0.29) is 17.9 Å². The molecule has 108 valence electrons. The molecule has 0 bridgehead atoms. The lowest BCUT2D eigenvalue weighted by molar-refractivity contribution is -0.121. The van der Waals surface area contributed by atoms with Crippen LogP contribution < -0.4 is 16.8 Å². The van der Waals surface area contributed by atoms with Crippen LogP contribution in [0, 0.1) is 5.92 Å². The summed E-state index contributed by atoms with van der Waals surface area (Å²) < 4.78 is 0. The minimum absolute atomic E-state index is 0.123. The zero-order valence-electron chi connectivity index (χ0n) is 11.1. The molecule has 1 saturated carbocycles. The summed E-state index contributed by atoms with van der Waals surface area (Å²) in [5.41, 5.74) is 11.9. The van der Waals surface area contributed by atoms with Crippen LogP contribution in [-0.2, 0) is 4.79 Å². The Hall–Kier alpha value is -1.59. The fraction of sp³-hybridized carbons (Fsp3) is 0.429. The normalized spacial score (nSPS) is 22.3. The summed E-state index contributed by atoms with van der Waals surface area (Å²) in [6.45, 7) is 0. The zero-order valence-corrected chi connectivity index (χ0v) is 11.8. The number of halogens is 1. The molecule has 1 fully saturated rings. The maximum Gasteiger partial charge on any atom is 0.248 e. The maximum atomic E-state index is 12.2. The second-order valence-electron chi connectivity index (χ2n) is 5.10. The van der Waals surface area contributed by atoms with E-state index in [9.17, 15) is 9.59 Å². The average Bonchev–Trinajstić information content (AvgIpc) is 2.41. The van der Waals surface area contributed by atoms with Crippen molar-refractivity contribution >= 4 is 29.1 Å². The Kier molecular flexibility index (Phi) is 4.62. The second-order valence-corrected chi connectivity index (χ2v) is 5.51. The van der Waals surface area contributed by atoms with Crippen LogP contribution in [0.5, 0.6) is 0 Å². The molecular weight excluding hydrogens is 278 g/mol. The molecule has 1 aliphatic carbocycles. The Bertz CT molecular complexity index is 533. The molecule has 1 aliphatic rings. The Morgan fingerprint density at radius 1 is 1.25 bits per heavy atom. The summed E-state index contributed by atoms with van der Waals surface area (Å²) >= 11 is 6.02. The quantitative estimate of drug-likeness (QED) is 0.794. The van der Waals surface area contributed by atoms with Crippen molar-refractivity contribution in [2.45, 2.75) is 31.7 Å². The van der Waals surface area contributed by atoms with Crippen LogP contribution in [0.2, 0.25) is 5.02 Å². The fourth-order valence-corrected chi connectivity index (χ4v) is 2.65. The molecule has 2 atom stereocenters. The predicted molar refractivity (Wildman–Crippen MR) is 78.5 cm³/mol. The Morgan fingerprint density at radius 3 is 2.60 bits per heavy atom. The van der Waals surface area contributed by atoms with E-state index < -0.39 is 5.91 Å². The Balaban J connectivity index is 2.14. The van der Waals surface area contributed by atoms with Crippen LogP contribution in [0.15, 0.2) is 18.2 Å². The fourth-order valence-electron chi connectivity index (χ4n) is 2.48. The van der Waals surface area contributed by atoms with E-state index in [2.05, 4.69) is 5.32 Å². The molecule has 2 rings (SSSR count). The topological polar surface area (TPSA) is 98.2 Å². The van der Waals surface area contributed by atoms with Gasteiger partial charge in [0.15, 0.2) is 0 Å². The molecular formula is C14H18ClN3O2. The lowest BCUT2D eigenvalue weighted by Crippen LogP contribution is -2.40. The Labute approximate surface area is 122 Å². The van der Waals surface area contributed by atoms with Crippen LogP contribution >= 0.6 is 11.6 Å². The van der Waals surface area contributed by atoms with Gasteiger partial charge in [0.25, 0.3) is 0 Å². The van der Waals surface area contributed by atoms with E-state index in [1.165, 1.54) is 18.2 Å². The highest BCUT2D eigenvalue weighted by Crippen LogP contribution is 2.27. The highest BCUT2D eigenvalue weighted by atomic mass is 35.5. The summed E-state index contributed by atoms with van der Waals surface area (Å²) in [5, 5.41) is 3.12. The van der Waals surface area contributed by atoms with Gasteiger partial charge in [-0.1, -0.05) is 24.4 Å². The van der Waals surface area contributed by atoms with Crippen molar-refractivity contribution in [3.05, 3.63) is 28.8 Å². The first kappa shape index (κ1) is 14.8. The van der Waals surface area contributed by atoms with E-state index in [1.54, 1.807) is 0 Å². The molecule has 0 spiro atoms. The molecule has 0 aliphatic heterocycles. The number of hydrogen-bond acceptors (Lipinski definition) is 3. The number of nitrogens with one attached hydrogen (secondary N) is 1. The van der Waals surface area contributed by atoms with Gasteiger partial charge in [-0.15, -0.1) is 0 Å². The van der Waals surface area contributed by atoms with Gasteiger partial charge < -0.3 is 16.8 Å². The Morgan fingerprint density at radius 2 is 1.95 bits per heavy atom. The van der Waals surface area contributed by atoms with E-state index in [0.29, 0.717) is 16.3 Å². The molecule has 6 heteroatoms. The number of benzene rings is 1. The summed E-state index contributed by atoms with van der Waals surface area (Å²) in [6.07, 6.45) is 3.69.